The Kier molecular flexibility index (Phi) is 3.70. The molecule has 3 rings (SSSR count). The Hall–Kier alpha value is -1.48. The molecular weight excluding hydrogens is 323 g/mol. The third kappa shape index (κ3) is 2.42. The first kappa shape index (κ1) is 13.5. The van der Waals surface area contributed by atoms with Crippen LogP contribution in [0.2, 0.25) is 10.0 Å². The van der Waals surface area contributed by atoms with Crippen molar-refractivity contribution in [3.8, 4) is 0 Å². The zero-order chi connectivity index (χ0) is 14.1. The van der Waals surface area contributed by atoms with Gasteiger partial charge in [-0.2, -0.15) is 8.73 Å². The molecule has 1 aromatic heterocycles. The van der Waals surface area contributed by atoms with Crippen LogP contribution in [0.3, 0.4) is 0 Å². The van der Waals surface area contributed by atoms with Crippen LogP contribution in [0, 0.1) is 0 Å². The van der Waals surface area contributed by atoms with E-state index in [0.29, 0.717) is 46.0 Å². The van der Waals surface area contributed by atoms with Crippen molar-refractivity contribution in [2.75, 3.05) is 11.9 Å². The molecule has 104 valence electrons. The number of anilines is 2. The number of fused-ring (bicyclic) bond motifs is 1. The highest BCUT2D eigenvalue weighted by molar-refractivity contribution is 7.58. The second-order valence-electron chi connectivity index (χ2n) is 3.84. The van der Waals surface area contributed by atoms with Crippen LogP contribution < -0.4 is 11.1 Å². The van der Waals surface area contributed by atoms with E-state index in [1.54, 1.807) is 6.07 Å². The number of nitrogens with one attached hydrogen (secondary N) is 1. The lowest BCUT2D eigenvalue weighted by atomic mass is 10.2. The molecule has 1 aliphatic rings. The van der Waals surface area contributed by atoms with Gasteiger partial charge in [-0.15, -0.1) is 5.10 Å². The summed E-state index contributed by atoms with van der Waals surface area (Å²) in [5.41, 5.74) is 7.09. The Morgan fingerprint density at radius 1 is 1.20 bits per heavy atom. The van der Waals surface area contributed by atoms with E-state index in [1.165, 1.54) is 0 Å². The molecule has 0 aliphatic carbocycles. The first-order valence-corrected chi connectivity index (χ1v) is 7.07. The standard InChI is InChI=1S/C10H8Cl2N6OS/c11-4-3-5(12)8-9(18-20-17-8)7(4)14-10-16-15-6(19-10)1-2-13/h3H,1-2,13H2,(H,14,16). The van der Waals surface area contributed by atoms with Crippen LogP contribution in [-0.4, -0.2) is 16.7 Å². The van der Waals surface area contributed by atoms with E-state index in [1.807, 2.05) is 0 Å². The molecule has 0 saturated carbocycles. The number of hydrogen-bond acceptors (Lipinski definition) is 7. The lowest BCUT2D eigenvalue weighted by molar-refractivity contribution is 0.510. The van der Waals surface area contributed by atoms with Gasteiger partial charge in [0.15, 0.2) is 0 Å². The van der Waals surface area contributed by atoms with Crippen molar-refractivity contribution in [2.45, 2.75) is 6.42 Å². The fourth-order valence-electron chi connectivity index (χ4n) is 1.63. The van der Waals surface area contributed by atoms with E-state index in [2.05, 4.69) is 24.2 Å². The number of hydrogen-bond donors (Lipinski definition) is 2. The first-order chi connectivity index (χ1) is 9.69. The van der Waals surface area contributed by atoms with Crippen LogP contribution in [-0.2, 0) is 17.8 Å². The van der Waals surface area contributed by atoms with Gasteiger partial charge in [-0.3, -0.25) is 0 Å². The summed E-state index contributed by atoms with van der Waals surface area (Å²) >= 11 is 13.3. The molecule has 1 aliphatic heterocycles. The van der Waals surface area contributed by atoms with Gasteiger partial charge < -0.3 is 15.5 Å². The quantitative estimate of drug-likeness (QED) is 0.763. The SMILES string of the molecule is NCCc1nnc(Nc2c(Cl)cc(Cl)c3c2N=S=N3)o1. The van der Waals surface area contributed by atoms with E-state index >= 15 is 0 Å². The highest BCUT2D eigenvalue weighted by Gasteiger charge is 2.20. The lowest BCUT2D eigenvalue weighted by Crippen LogP contribution is -2.02. The largest absolute Gasteiger partial charge is 0.408 e. The van der Waals surface area contributed by atoms with Crippen LogP contribution in [0.5, 0.6) is 0 Å². The van der Waals surface area contributed by atoms with Gasteiger partial charge in [-0.05, 0) is 6.07 Å². The van der Waals surface area contributed by atoms with Crippen molar-refractivity contribution in [3.63, 3.8) is 0 Å². The van der Waals surface area contributed by atoms with E-state index in [0.717, 1.165) is 11.4 Å². The lowest BCUT2D eigenvalue weighted by Gasteiger charge is -2.08. The summed E-state index contributed by atoms with van der Waals surface area (Å²) in [6.07, 6.45) is 0.511. The Morgan fingerprint density at radius 3 is 2.80 bits per heavy atom. The zero-order valence-electron chi connectivity index (χ0n) is 9.93. The molecule has 2 heterocycles. The summed E-state index contributed by atoms with van der Waals surface area (Å²) in [5.74, 6) is 0.452. The number of benzene rings is 1. The van der Waals surface area contributed by atoms with Gasteiger partial charge in [0.2, 0.25) is 5.89 Å². The summed E-state index contributed by atoms with van der Waals surface area (Å²) in [6.45, 7) is 0.434. The number of nitrogens with two attached hydrogens (primary N) is 1. The first-order valence-electron chi connectivity index (χ1n) is 5.58. The maximum absolute atomic E-state index is 6.16. The van der Waals surface area contributed by atoms with Gasteiger partial charge >= 0.3 is 6.01 Å². The highest BCUT2D eigenvalue weighted by atomic mass is 35.5. The van der Waals surface area contributed by atoms with E-state index in [9.17, 15) is 0 Å². The van der Waals surface area contributed by atoms with E-state index in [4.69, 9.17) is 33.4 Å². The summed E-state index contributed by atoms with van der Waals surface area (Å²) in [4.78, 5) is 0. The molecule has 0 saturated heterocycles. The molecule has 20 heavy (non-hydrogen) atoms. The molecule has 2 aromatic rings. The summed E-state index contributed by atoms with van der Waals surface area (Å²) in [5, 5.41) is 11.5. The summed E-state index contributed by atoms with van der Waals surface area (Å²) in [7, 11) is 0. The Balaban J connectivity index is 1.95. The fourth-order valence-corrected chi connectivity index (χ4v) is 2.79. The Bertz CT molecular complexity index is 740. The number of rotatable bonds is 4. The number of nitrogens with zero attached hydrogens (tertiary/aromatic N) is 4. The van der Waals surface area contributed by atoms with Gasteiger partial charge in [0.25, 0.3) is 0 Å². The van der Waals surface area contributed by atoms with Crippen molar-refractivity contribution in [3.05, 3.63) is 22.0 Å². The monoisotopic (exact) mass is 330 g/mol. The molecule has 0 fully saturated rings. The minimum atomic E-state index is 0.215. The maximum atomic E-state index is 6.16. The van der Waals surface area contributed by atoms with Gasteiger partial charge in [0, 0.05) is 13.0 Å². The average molecular weight is 331 g/mol. The van der Waals surface area contributed by atoms with Crippen molar-refractivity contribution in [1.29, 1.82) is 0 Å². The third-order valence-corrected chi connectivity index (χ3v) is 3.62. The van der Waals surface area contributed by atoms with Crippen molar-refractivity contribution >= 4 is 57.6 Å². The predicted octanol–water partition coefficient (Wildman–Crippen LogP) is 3.35. The van der Waals surface area contributed by atoms with Crippen molar-refractivity contribution in [1.82, 2.24) is 10.2 Å². The third-order valence-electron chi connectivity index (χ3n) is 2.50. The Labute approximate surface area is 127 Å². The average Bonchev–Trinajstić information content (AvgIpc) is 3.04. The van der Waals surface area contributed by atoms with Crippen LogP contribution in [0.15, 0.2) is 19.2 Å². The second kappa shape index (κ2) is 5.49. The van der Waals surface area contributed by atoms with Gasteiger partial charge in [0.1, 0.15) is 11.4 Å². The fraction of sp³-hybridized carbons (Fsp3) is 0.200. The molecule has 0 amide bonds. The highest BCUT2D eigenvalue weighted by Crippen LogP contribution is 2.48. The number of aromatic nitrogens is 2. The molecule has 0 atom stereocenters. The smallest absolute Gasteiger partial charge is 0.320 e. The zero-order valence-corrected chi connectivity index (χ0v) is 12.3. The Morgan fingerprint density at radius 2 is 2.00 bits per heavy atom. The molecule has 10 heteroatoms. The number of halogens is 2. The summed E-state index contributed by atoms with van der Waals surface area (Å²) in [6, 6.07) is 1.80. The molecule has 0 bridgehead atoms. The minimum absolute atomic E-state index is 0.215. The molecule has 0 spiro atoms. The van der Waals surface area contributed by atoms with Crippen LogP contribution in [0.25, 0.3) is 0 Å². The van der Waals surface area contributed by atoms with E-state index in [-0.39, 0.29) is 6.01 Å². The summed E-state index contributed by atoms with van der Waals surface area (Å²) < 4.78 is 13.7. The maximum Gasteiger partial charge on any atom is 0.320 e. The molecule has 3 N–H and O–H groups in total. The van der Waals surface area contributed by atoms with E-state index < -0.39 is 0 Å². The van der Waals surface area contributed by atoms with Gasteiger partial charge in [0.05, 0.1) is 27.1 Å². The molecular formula is C10H8Cl2N6OS. The molecule has 1 aromatic carbocycles. The normalized spacial score (nSPS) is 12.3. The topological polar surface area (TPSA) is 102 Å². The van der Waals surface area contributed by atoms with Crippen LogP contribution in [0.1, 0.15) is 5.89 Å². The van der Waals surface area contributed by atoms with Crippen molar-refractivity contribution < 1.29 is 4.42 Å². The van der Waals surface area contributed by atoms with Gasteiger partial charge in [-0.1, -0.05) is 28.3 Å². The minimum Gasteiger partial charge on any atom is -0.408 e. The predicted molar refractivity (Wildman–Crippen MR) is 78.3 cm³/mol. The molecule has 7 nitrogen and oxygen atoms in total. The second-order valence-corrected chi connectivity index (χ2v) is 5.18. The molecule has 0 unspecified atom stereocenters. The van der Waals surface area contributed by atoms with Crippen LogP contribution >= 0.6 is 23.2 Å². The van der Waals surface area contributed by atoms with Crippen LogP contribution in [0.4, 0.5) is 23.1 Å². The van der Waals surface area contributed by atoms with Gasteiger partial charge in [-0.25, -0.2) is 0 Å². The van der Waals surface area contributed by atoms with Crippen molar-refractivity contribution in [2.24, 2.45) is 14.5 Å². The molecule has 0 radical (unpaired) electrons.